The third kappa shape index (κ3) is 2.69. The molecule has 0 saturated carbocycles. The molecular formula is C16H18N2O4. The summed E-state index contributed by atoms with van der Waals surface area (Å²) < 4.78 is 10.7. The smallest absolute Gasteiger partial charge is 0.410 e. The van der Waals surface area contributed by atoms with Crippen molar-refractivity contribution in [3.63, 3.8) is 0 Å². The Hall–Kier alpha value is -2.34. The summed E-state index contributed by atoms with van der Waals surface area (Å²) in [4.78, 5) is 17.8. The van der Waals surface area contributed by atoms with Gasteiger partial charge in [-0.15, -0.1) is 0 Å². The Labute approximate surface area is 128 Å². The van der Waals surface area contributed by atoms with E-state index in [4.69, 9.17) is 9.15 Å². The van der Waals surface area contributed by atoms with E-state index >= 15 is 0 Å². The third-order valence-corrected chi connectivity index (χ3v) is 3.79. The Morgan fingerprint density at radius 1 is 1.59 bits per heavy atom. The van der Waals surface area contributed by atoms with E-state index in [1.165, 1.54) is 11.0 Å². The summed E-state index contributed by atoms with van der Waals surface area (Å²) in [5.41, 5.74) is 1.31. The summed E-state index contributed by atoms with van der Waals surface area (Å²) in [6.07, 6.45) is 1.60. The van der Waals surface area contributed by atoms with E-state index in [0.717, 1.165) is 6.42 Å². The van der Waals surface area contributed by atoms with Crippen LogP contribution in [0.1, 0.15) is 24.8 Å². The van der Waals surface area contributed by atoms with Crippen LogP contribution in [0.15, 0.2) is 41.3 Å². The zero-order valence-electron chi connectivity index (χ0n) is 12.1. The maximum Gasteiger partial charge on any atom is 0.410 e. The zero-order valence-corrected chi connectivity index (χ0v) is 12.1. The maximum atomic E-state index is 12.0. The van der Waals surface area contributed by atoms with Crippen molar-refractivity contribution in [1.29, 1.82) is 0 Å². The lowest BCUT2D eigenvalue weighted by atomic mass is 10.1. The highest BCUT2D eigenvalue weighted by Crippen LogP contribution is 2.31. The number of rotatable bonds is 4. The van der Waals surface area contributed by atoms with Gasteiger partial charge in [0.2, 0.25) is 5.89 Å². The Morgan fingerprint density at radius 2 is 2.41 bits per heavy atom. The molecule has 2 heterocycles. The molecule has 1 aliphatic heterocycles. The molecule has 22 heavy (non-hydrogen) atoms. The number of aliphatic hydroxyl groups excluding tert-OH is 1. The second-order valence-electron chi connectivity index (χ2n) is 5.23. The monoisotopic (exact) mass is 302 g/mol. The van der Waals surface area contributed by atoms with Crippen molar-refractivity contribution >= 4 is 17.2 Å². The molecular weight excluding hydrogens is 284 g/mol. The van der Waals surface area contributed by atoms with Crippen LogP contribution < -0.4 is 0 Å². The molecule has 3 rings (SSSR count). The maximum absolute atomic E-state index is 12.0. The fraction of sp³-hybridized carbons (Fsp3) is 0.375. The van der Waals surface area contributed by atoms with Crippen molar-refractivity contribution in [2.75, 3.05) is 13.2 Å². The number of carbonyl (C=O) groups excluding carboxylic acids is 1. The van der Waals surface area contributed by atoms with Crippen molar-refractivity contribution < 1.29 is 19.1 Å². The summed E-state index contributed by atoms with van der Waals surface area (Å²) in [5, 5.41) is 10.5. The first kappa shape index (κ1) is 14.6. The summed E-state index contributed by atoms with van der Waals surface area (Å²) in [6.45, 7) is 4.22. The molecule has 2 atom stereocenters. The van der Waals surface area contributed by atoms with Gasteiger partial charge in [-0.1, -0.05) is 24.8 Å². The van der Waals surface area contributed by atoms with Gasteiger partial charge in [0.05, 0.1) is 6.04 Å². The quantitative estimate of drug-likeness (QED) is 0.879. The second kappa shape index (κ2) is 6.19. The number of para-hydroxylation sites is 2. The topological polar surface area (TPSA) is 75.8 Å². The molecule has 2 aromatic rings. The van der Waals surface area contributed by atoms with E-state index in [1.54, 1.807) is 6.07 Å². The summed E-state index contributed by atoms with van der Waals surface area (Å²) >= 11 is 0. The van der Waals surface area contributed by atoms with Crippen molar-refractivity contribution in [3.8, 4) is 0 Å². The van der Waals surface area contributed by atoms with E-state index in [-0.39, 0.29) is 18.5 Å². The number of nitrogens with zero attached hydrogens (tertiary/aromatic N) is 2. The molecule has 6 nitrogen and oxygen atoms in total. The first-order valence-electron chi connectivity index (χ1n) is 7.28. The number of fused-ring (bicyclic) bond motifs is 1. The van der Waals surface area contributed by atoms with Crippen LogP contribution in [0.4, 0.5) is 4.79 Å². The molecule has 1 amide bonds. The van der Waals surface area contributed by atoms with Gasteiger partial charge >= 0.3 is 6.09 Å². The molecule has 1 aromatic heterocycles. The molecule has 0 radical (unpaired) electrons. The van der Waals surface area contributed by atoms with E-state index in [1.807, 2.05) is 18.2 Å². The number of aromatic nitrogens is 1. The normalized spacial score (nSPS) is 19.3. The van der Waals surface area contributed by atoms with Gasteiger partial charge < -0.3 is 19.2 Å². The van der Waals surface area contributed by atoms with E-state index < -0.39 is 12.2 Å². The van der Waals surface area contributed by atoms with Crippen LogP contribution in [0.2, 0.25) is 0 Å². The van der Waals surface area contributed by atoms with Gasteiger partial charge in [0.15, 0.2) is 11.7 Å². The summed E-state index contributed by atoms with van der Waals surface area (Å²) in [5.74, 6) is 0.231. The standard InChI is InChI=1S/C16H18N2O4/c1-2-10-21-16(20)18-9-5-7-12(18)14(19)15-17-11-6-3-4-8-13(11)22-15/h2-4,6,8,12,14,19H,1,5,7,9-10H2/t12-,14?/m0/s1. The molecule has 1 fully saturated rings. The molecule has 1 saturated heterocycles. The zero-order chi connectivity index (χ0) is 15.5. The SMILES string of the molecule is C=CCOC(=O)N1CCC[C@H]1C(O)c1nc2ccccc2o1. The number of aliphatic hydroxyl groups is 1. The van der Waals surface area contributed by atoms with Gasteiger partial charge in [0.1, 0.15) is 12.1 Å². The Balaban J connectivity index is 1.79. The third-order valence-electron chi connectivity index (χ3n) is 3.79. The van der Waals surface area contributed by atoms with Crippen LogP contribution >= 0.6 is 0 Å². The minimum absolute atomic E-state index is 0.154. The Kier molecular flexibility index (Phi) is 4.11. The molecule has 1 aromatic carbocycles. The van der Waals surface area contributed by atoms with Crippen molar-refractivity contribution in [3.05, 3.63) is 42.8 Å². The van der Waals surface area contributed by atoms with Crippen LogP contribution in [-0.4, -0.2) is 40.3 Å². The highest BCUT2D eigenvalue weighted by molar-refractivity contribution is 5.72. The molecule has 116 valence electrons. The summed E-state index contributed by atoms with van der Waals surface area (Å²) in [6, 6.07) is 6.93. The average Bonchev–Trinajstić information content (AvgIpc) is 3.18. The number of carbonyl (C=O) groups is 1. The molecule has 0 bridgehead atoms. The highest BCUT2D eigenvalue weighted by Gasteiger charge is 2.37. The van der Waals surface area contributed by atoms with E-state index in [9.17, 15) is 9.90 Å². The fourth-order valence-corrected chi connectivity index (χ4v) is 2.74. The molecule has 1 aliphatic rings. The largest absolute Gasteiger partial charge is 0.445 e. The fourth-order valence-electron chi connectivity index (χ4n) is 2.74. The van der Waals surface area contributed by atoms with Gasteiger partial charge in [-0.3, -0.25) is 0 Å². The lowest BCUT2D eigenvalue weighted by molar-refractivity contribution is 0.0426. The van der Waals surface area contributed by atoms with Gasteiger partial charge in [-0.2, -0.15) is 0 Å². The lowest BCUT2D eigenvalue weighted by Crippen LogP contribution is -2.39. The van der Waals surface area contributed by atoms with Crippen LogP contribution in [0.25, 0.3) is 11.1 Å². The number of oxazole rings is 1. The van der Waals surface area contributed by atoms with Crippen molar-refractivity contribution in [2.45, 2.75) is 25.0 Å². The van der Waals surface area contributed by atoms with Crippen LogP contribution in [0.5, 0.6) is 0 Å². The Bertz CT molecular complexity index is 649. The van der Waals surface area contributed by atoms with Crippen molar-refractivity contribution in [1.82, 2.24) is 9.88 Å². The molecule has 0 aliphatic carbocycles. The van der Waals surface area contributed by atoms with E-state index in [0.29, 0.717) is 24.1 Å². The predicted octanol–water partition coefficient (Wildman–Crippen LogP) is 2.65. The van der Waals surface area contributed by atoms with Crippen molar-refractivity contribution in [2.24, 2.45) is 0 Å². The predicted molar refractivity (Wildman–Crippen MR) is 80.2 cm³/mol. The number of hydrogen-bond donors (Lipinski definition) is 1. The number of ether oxygens (including phenoxy) is 1. The number of benzene rings is 1. The molecule has 6 heteroatoms. The van der Waals surface area contributed by atoms with Crippen LogP contribution in [-0.2, 0) is 4.74 Å². The second-order valence-corrected chi connectivity index (χ2v) is 5.23. The first-order valence-corrected chi connectivity index (χ1v) is 7.28. The van der Waals surface area contributed by atoms with Gasteiger partial charge in [-0.25, -0.2) is 9.78 Å². The molecule has 1 unspecified atom stereocenters. The van der Waals surface area contributed by atoms with Gasteiger partial charge in [-0.05, 0) is 25.0 Å². The van der Waals surface area contributed by atoms with E-state index in [2.05, 4.69) is 11.6 Å². The molecule has 0 spiro atoms. The number of likely N-dealkylation sites (tertiary alicyclic amines) is 1. The molecule has 1 N–H and O–H groups in total. The minimum Gasteiger partial charge on any atom is -0.445 e. The van der Waals surface area contributed by atoms with Crippen LogP contribution in [0.3, 0.4) is 0 Å². The van der Waals surface area contributed by atoms with Gasteiger partial charge in [0, 0.05) is 6.54 Å². The number of hydrogen-bond acceptors (Lipinski definition) is 5. The van der Waals surface area contributed by atoms with Crippen LogP contribution in [0, 0.1) is 0 Å². The first-order chi connectivity index (χ1) is 10.7. The minimum atomic E-state index is -0.966. The highest BCUT2D eigenvalue weighted by atomic mass is 16.6. The number of amides is 1. The lowest BCUT2D eigenvalue weighted by Gasteiger charge is -2.26. The summed E-state index contributed by atoms with van der Waals surface area (Å²) in [7, 11) is 0. The van der Waals surface area contributed by atoms with Gasteiger partial charge in [0.25, 0.3) is 0 Å². The Morgan fingerprint density at radius 3 is 3.18 bits per heavy atom. The average molecular weight is 302 g/mol.